The lowest BCUT2D eigenvalue weighted by molar-refractivity contribution is -0.146. The maximum absolute atomic E-state index is 12.7. The molecule has 0 saturated heterocycles. The van der Waals surface area contributed by atoms with Gasteiger partial charge in [0, 0.05) is 5.75 Å². The lowest BCUT2D eigenvalue weighted by atomic mass is 9.84. The van der Waals surface area contributed by atoms with Crippen molar-refractivity contribution in [2.45, 2.75) is 17.7 Å². The van der Waals surface area contributed by atoms with Gasteiger partial charge in [0.05, 0.1) is 16.7 Å². The van der Waals surface area contributed by atoms with Crippen LogP contribution in [-0.2, 0) is 19.1 Å². The summed E-state index contributed by atoms with van der Waals surface area (Å²) in [5, 5.41) is 2.92. The summed E-state index contributed by atoms with van der Waals surface area (Å²) < 4.78 is 4.67. The van der Waals surface area contributed by atoms with E-state index < -0.39 is 16.8 Å². The van der Waals surface area contributed by atoms with Gasteiger partial charge in [0.1, 0.15) is 6.04 Å². The minimum absolute atomic E-state index is 0.120. The third kappa shape index (κ3) is 5.61. The van der Waals surface area contributed by atoms with Gasteiger partial charge >= 0.3 is 5.97 Å². The second-order valence-electron chi connectivity index (χ2n) is 7.10. The molecule has 3 aromatic carbocycles. The van der Waals surface area contributed by atoms with Crippen LogP contribution in [0.5, 0.6) is 0 Å². The monoisotopic (exact) mass is 511 g/mol. The predicted octanol–water partition coefficient (Wildman–Crippen LogP) is 5.15. The van der Waals surface area contributed by atoms with Gasteiger partial charge in [-0.3, -0.25) is 4.79 Å². The zero-order chi connectivity index (χ0) is 22.8. The number of rotatable bonds is 10. The molecule has 0 radical (unpaired) electrons. The molecule has 4 nitrogen and oxygen atoms in total. The van der Waals surface area contributed by atoms with Gasteiger partial charge in [0.25, 0.3) is 0 Å². The quantitative estimate of drug-likeness (QED) is 0.232. The fraction of sp³-hybridized carbons (Fsp3) is 0.231. The summed E-state index contributed by atoms with van der Waals surface area (Å²) in [7, 11) is 0. The largest absolute Gasteiger partial charge is 0.464 e. The van der Waals surface area contributed by atoms with E-state index >= 15 is 0 Å². The number of hydrogen-bond acceptors (Lipinski definition) is 4. The van der Waals surface area contributed by atoms with Gasteiger partial charge in [0.15, 0.2) is 0 Å². The van der Waals surface area contributed by atoms with E-state index in [0.717, 1.165) is 16.7 Å². The van der Waals surface area contributed by atoms with Crippen molar-refractivity contribution < 1.29 is 14.3 Å². The highest BCUT2D eigenvalue weighted by Crippen LogP contribution is 2.48. The first kappa shape index (κ1) is 24.1. The Morgan fingerprint density at radius 2 is 1.31 bits per heavy atom. The molecule has 166 valence electrons. The van der Waals surface area contributed by atoms with E-state index in [1.54, 1.807) is 18.7 Å². The number of carbonyl (C=O) groups is 2. The molecule has 1 N–H and O–H groups in total. The molecular formula is C26H26BrNO3S. The molecule has 3 aromatic rings. The second-order valence-corrected chi connectivity index (χ2v) is 8.89. The average Bonchev–Trinajstić information content (AvgIpc) is 2.85. The molecule has 0 aromatic heterocycles. The minimum Gasteiger partial charge on any atom is -0.464 e. The summed E-state index contributed by atoms with van der Waals surface area (Å²) in [6, 6.07) is 29.9. The normalized spacial score (nSPS) is 12.1. The number of amides is 1. The number of hydrogen-bond donors (Lipinski definition) is 1. The topological polar surface area (TPSA) is 55.4 Å². The smallest absolute Gasteiger partial charge is 0.329 e. The van der Waals surface area contributed by atoms with Gasteiger partial charge in [-0.25, -0.2) is 4.79 Å². The van der Waals surface area contributed by atoms with Crippen LogP contribution < -0.4 is 5.32 Å². The van der Waals surface area contributed by atoms with E-state index in [9.17, 15) is 9.59 Å². The summed E-state index contributed by atoms with van der Waals surface area (Å²) in [6.45, 7) is 2.02. The zero-order valence-electron chi connectivity index (χ0n) is 17.9. The van der Waals surface area contributed by atoms with Gasteiger partial charge in [-0.05, 0) is 23.6 Å². The number of alkyl halides is 1. The first-order valence-electron chi connectivity index (χ1n) is 10.4. The second kappa shape index (κ2) is 11.9. The molecule has 0 aliphatic heterocycles. The highest BCUT2D eigenvalue weighted by Gasteiger charge is 2.38. The maximum atomic E-state index is 12.7. The molecule has 0 heterocycles. The number of ether oxygens (including phenoxy) is 1. The molecule has 0 aliphatic rings. The van der Waals surface area contributed by atoms with Crippen LogP contribution in [0.15, 0.2) is 91.0 Å². The van der Waals surface area contributed by atoms with Crippen molar-refractivity contribution in [1.29, 1.82) is 0 Å². The summed E-state index contributed by atoms with van der Waals surface area (Å²) in [6.07, 6.45) is 0. The Labute approximate surface area is 201 Å². The predicted molar refractivity (Wildman–Crippen MR) is 134 cm³/mol. The lowest BCUT2D eigenvalue weighted by Gasteiger charge is -2.36. The van der Waals surface area contributed by atoms with Crippen molar-refractivity contribution in [3.63, 3.8) is 0 Å². The fourth-order valence-corrected chi connectivity index (χ4v) is 5.33. The molecule has 1 amide bonds. The van der Waals surface area contributed by atoms with Gasteiger partial charge in [-0.15, -0.1) is 11.8 Å². The van der Waals surface area contributed by atoms with E-state index in [0.29, 0.717) is 5.75 Å². The van der Waals surface area contributed by atoms with E-state index in [4.69, 9.17) is 4.74 Å². The Morgan fingerprint density at radius 1 is 0.875 bits per heavy atom. The molecule has 0 aliphatic carbocycles. The van der Waals surface area contributed by atoms with Crippen LogP contribution in [0, 0.1) is 0 Å². The summed E-state index contributed by atoms with van der Waals surface area (Å²) >= 11 is 4.77. The van der Waals surface area contributed by atoms with E-state index in [2.05, 4.69) is 57.6 Å². The summed E-state index contributed by atoms with van der Waals surface area (Å²) in [5.41, 5.74) is 3.28. The fourth-order valence-electron chi connectivity index (χ4n) is 3.62. The molecule has 32 heavy (non-hydrogen) atoms. The van der Waals surface area contributed by atoms with Gasteiger partial charge < -0.3 is 10.1 Å². The lowest BCUT2D eigenvalue weighted by Crippen LogP contribution is -2.45. The Bertz CT molecular complexity index is 903. The third-order valence-corrected chi connectivity index (χ3v) is 7.18. The van der Waals surface area contributed by atoms with E-state index in [-0.39, 0.29) is 17.8 Å². The molecule has 0 saturated carbocycles. The van der Waals surface area contributed by atoms with Crippen molar-refractivity contribution in [3.05, 3.63) is 108 Å². The van der Waals surface area contributed by atoms with Crippen molar-refractivity contribution in [2.24, 2.45) is 0 Å². The number of benzene rings is 3. The molecule has 0 unspecified atom stereocenters. The molecule has 0 spiro atoms. The standard InChI is InChI=1S/C26H26BrNO3S/c1-2-31-25(30)23(28-24(29)18-27)19-32-26(20-12-6-3-7-13-20,21-14-8-4-9-15-21)22-16-10-5-11-17-22/h3-17,23H,2,18-19H2,1H3,(H,28,29)/t23-/m0/s1. The SMILES string of the molecule is CCOC(=O)[C@H](CSC(c1ccccc1)(c1ccccc1)c1ccccc1)NC(=O)CBr. The Morgan fingerprint density at radius 3 is 1.69 bits per heavy atom. The third-order valence-electron chi connectivity index (χ3n) is 5.04. The summed E-state index contributed by atoms with van der Waals surface area (Å²) in [4.78, 5) is 24.7. The number of halogens is 1. The van der Waals surface area contributed by atoms with Crippen LogP contribution in [0.4, 0.5) is 0 Å². The van der Waals surface area contributed by atoms with E-state index in [1.165, 1.54) is 0 Å². The van der Waals surface area contributed by atoms with Crippen molar-refractivity contribution >= 4 is 39.6 Å². The van der Waals surface area contributed by atoms with Crippen LogP contribution in [0.2, 0.25) is 0 Å². The minimum atomic E-state index is -0.763. The first-order chi connectivity index (χ1) is 15.6. The number of esters is 1. The van der Waals surface area contributed by atoms with Crippen molar-refractivity contribution in [2.75, 3.05) is 17.7 Å². The first-order valence-corrected chi connectivity index (χ1v) is 12.5. The van der Waals surface area contributed by atoms with Gasteiger partial charge in [0.2, 0.25) is 5.91 Å². The van der Waals surface area contributed by atoms with Crippen LogP contribution in [0.3, 0.4) is 0 Å². The molecule has 6 heteroatoms. The Hall–Kier alpha value is -2.57. The Balaban J connectivity index is 2.09. The van der Waals surface area contributed by atoms with Gasteiger partial charge in [-0.2, -0.15) is 0 Å². The van der Waals surface area contributed by atoms with E-state index in [1.807, 2.05) is 54.6 Å². The van der Waals surface area contributed by atoms with Crippen molar-refractivity contribution in [1.82, 2.24) is 5.32 Å². The Kier molecular flexibility index (Phi) is 8.94. The van der Waals surface area contributed by atoms with Gasteiger partial charge in [-0.1, -0.05) is 107 Å². The number of carbonyl (C=O) groups excluding carboxylic acids is 2. The van der Waals surface area contributed by atoms with Crippen LogP contribution in [0.25, 0.3) is 0 Å². The van der Waals surface area contributed by atoms with Crippen molar-refractivity contribution in [3.8, 4) is 0 Å². The highest BCUT2D eigenvalue weighted by atomic mass is 79.9. The highest BCUT2D eigenvalue weighted by molar-refractivity contribution is 9.09. The van der Waals surface area contributed by atoms with Crippen LogP contribution in [-0.4, -0.2) is 35.6 Å². The molecular weight excluding hydrogens is 486 g/mol. The molecule has 0 fully saturated rings. The average molecular weight is 512 g/mol. The molecule has 1 atom stereocenters. The van der Waals surface area contributed by atoms with Crippen LogP contribution in [0.1, 0.15) is 23.6 Å². The summed E-state index contributed by atoms with van der Waals surface area (Å²) in [5.74, 6) is -0.346. The molecule has 0 bridgehead atoms. The molecule has 3 rings (SSSR count). The number of nitrogens with one attached hydrogen (secondary N) is 1. The van der Waals surface area contributed by atoms with Crippen LogP contribution >= 0.6 is 27.7 Å². The number of thioether (sulfide) groups is 1. The maximum Gasteiger partial charge on any atom is 0.329 e. The zero-order valence-corrected chi connectivity index (χ0v) is 20.3.